The van der Waals surface area contributed by atoms with Gasteiger partial charge in [-0.1, -0.05) is 18.2 Å². The standard InChI is InChI=1S/C22H26F4N3O8PS/c1-12(2)35-16(31)13(3)28-38(39,37-14-7-5-4-6-8-14)34-11-21(18(23)24)17(32)22(25,26)19(36-21)29-10-9-15(30)27-20(29)33/h4-10,12-13,17-19,32H,11H2,1-3H3,(H,28,39)(H,27,30,33)/t13-,17+,19+,21+,38?/m0/s1. The molecule has 0 bridgehead atoms. The van der Waals surface area contributed by atoms with Crippen LogP contribution in [0.15, 0.2) is 52.2 Å². The van der Waals surface area contributed by atoms with Crippen LogP contribution in [0.3, 0.4) is 0 Å². The van der Waals surface area contributed by atoms with E-state index in [9.17, 15) is 28.3 Å². The number of rotatable bonds is 11. The van der Waals surface area contributed by atoms with E-state index in [4.69, 9.17) is 30.3 Å². The summed E-state index contributed by atoms with van der Waals surface area (Å²) in [6, 6.07) is 7.16. The van der Waals surface area contributed by atoms with E-state index in [1.165, 1.54) is 19.1 Å². The van der Waals surface area contributed by atoms with Gasteiger partial charge in [-0.3, -0.25) is 19.1 Å². The van der Waals surface area contributed by atoms with Gasteiger partial charge in [0.25, 0.3) is 12.0 Å². The lowest BCUT2D eigenvalue weighted by atomic mass is 9.96. The van der Waals surface area contributed by atoms with Gasteiger partial charge < -0.3 is 23.6 Å². The van der Waals surface area contributed by atoms with Crippen molar-refractivity contribution in [3.8, 4) is 5.75 Å². The number of esters is 1. The molecule has 17 heteroatoms. The molecule has 2 heterocycles. The lowest BCUT2D eigenvalue weighted by Crippen LogP contribution is -2.54. The van der Waals surface area contributed by atoms with Crippen LogP contribution in [0.25, 0.3) is 0 Å². The van der Waals surface area contributed by atoms with Gasteiger partial charge in [-0.05, 0) is 44.7 Å². The summed E-state index contributed by atoms with van der Waals surface area (Å²) in [5, 5.41) is 13.0. The summed E-state index contributed by atoms with van der Waals surface area (Å²) in [7, 11) is 0. The summed E-state index contributed by atoms with van der Waals surface area (Å²) < 4.78 is 80.2. The Kier molecular flexibility index (Phi) is 9.40. The third-order valence-electron chi connectivity index (χ3n) is 5.45. The zero-order valence-corrected chi connectivity index (χ0v) is 22.5. The van der Waals surface area contributed by atoms with Crippen molar-refractivity contribution in [3.05, 3.63) is 63.4 Å². The predicted octanol–water partition coefficient (Wildman–Crippen LogP) is 2.32. The number of hydrogen-bond acceptors (Lipinski definition) is 9. The first-order valence-corrected chi connectivity index (χ1v) is 14.1. The first-order chi connectivity index (χ1) is 18.1. The maximum atomic E-state index is 15.1. The number of carbonyl (C=O) groups is 1. The molecule has 0 amide bonds. The highest BCUT2D eigenvalue weighted by atomic mass is 32.5. The van der Waals surface area contributed by atoms with Crippen molar-refractivity contribution >= 4 is 24.4 Å². The van der Waals surface area contributed by atoms with Gasteiger partial charge in [0.05, 0.1) is 12.7 Å². The molecule has 2 aromatic rings. The molecule has 39 heavy (non-hydrogen) atoms. The number of aliphatic hydroxyl groups excluding tert-OH is 1. The minimum Gasteiger partial charge on any atom is -0.462 e. The Labute approximate surface area is 224 Å². The summed E-state index contributed by atoms with van der Waals surface area (Å²) in [5.74, 6) is -5.14. The molecule has 0 radical (unpaired) electrons. The van der Waals surface area contributed by atoms with E-state index in [-0.39, 0.29) is 10.3 Å². The van der Waals surface area contributed by atoms with Gasteiger partial charge in [-0.2, -0.15) is 8.78 Å². The zero-order chi connectivity index (χ0) is 29.2. The molecule has 1 fully saturated rings. The number of halogens is 4. The van der Waals surface area contributed by atoms with Crippen molar-refractivity contribution < 1.29 is 46.0 Å². The molecule has 1 unspecified atom stereocenters. The summed E-state index contributed by atoms with van der Waals surface area (Å²) in [6.07, 6.45) is -9.62. The normalized spacial score (nSPS) is 24.9. The number of carbonyl (C=O) groups excluding carboxylic acids is 1. The first kappa shape index (κ1) is 30.9. The predicted molar refractivity (Wildman–Crippen MR) is 132 cm³/mol. The lowest BCUT2D eigenvalue weighted by molar-refractivity contribution is -0.192. The number of para-hydroxylation sites is 1. The summed E-state index contributed by atoms with van der Waals surface area (Å²) in [4.78, 5) is 37.5. The monoisotopic (exact) mass is 599 g/mol. The Hall–Kier alpha value is -2.62. The number of aromatic nitrogens is 2. The van der Waals surface area contributed by atoms with Crippen molar-refractivity contribution in [3.63, 3.8) is 0 Å². The van der Waals surface area contributed by atoms with Crippen LogP contribution in [0.1, 0.15) is 27.0 Å². The van der Waals surface area contributed by atoms with E-state index < -0.39 is 72.9 Å². The van der Waals surface area contributed by atoms with Gasteiger partial charge in [-0.25, -0.2) is 18.7 Å². The van der Waals surface area contributed by atoms with E-state index in [1.54, 1.807) is 37.0 Å². The van der Waals surface area contributed by atoms with E-state index in [0.29, 0.717) is 12.3 Å². The number of nitrogens with zero attached hydrogens (tertiary/aromatic N) is 1. The number of aliphatic hydroxyl groups is 1. The molecule has 0 saturated carbocycles. The second-order valence-electron chi connectivity index (χ2n) is 8.83. The summed E-state index contributed by atoms with van der Waals surface area (Å²) >= 11 is 5.40. The van der Waals surface area contributed by atoms with Crippen molar-refractivity contribution in [2.45, 2.75) is 63.2 Å². The smallest absolute Gasteiger partial charge is 0.330 e. The number of aromatic amines is 1. The Bertz CT molecular complexity index is 1330. The highest BCUT2D eigenvalue weighted by Gasteiger charge is 2.71. The first-order valence-electron chi connectivity index (χ1n) is 11.4. The quantitative estimate of drug-likeness (QED) is 0.200. The fourth-order valence-corrected chi connectivity index (χ4v) is 5.95. The van der Waals surface area contributed by atoms with Crippen molar-refractivity contribution in [2.24, 2.45) is 0 Å². The fourth-order valence-electron chi connectivity index (χ4n) is 3.53. The molecule has 1 aliphatic heterocycles. The minimum atomic E-state index is -4.45. The summed E-state index contributed by atoms with van der Waals surface area (Å²) in [5.41, 5.74) is -5.73. The number of alkyl halides is 4. The summed E-state index contributed by atoms with van der Waals surface area (Å²) in [6.45, 7) is -0.939. The maximum absolute atomic E-state index is 15.1. The van der Waals surface area contributed by atoms with Gasteiger partial charge >= 0.3 is 24.2 Å². The molecule has 0 aliphatic carbocycles. The molecule has 0 spiro atoms. The third-order valence-corrected chi connectivity index (χ3v) is 7.93. The van der Waals surface area contributed by atoms with Gasteiger partial charge in [-0.15, -0.1) is 0 Å². The second kappa shape index (κ2) is 11.9. The minimum absolute atomic E-state index is 0.0970. The van der Waals surface area contributed by atoms with Crippen molar-refractivity contribution in [2.75, 3.05) is 6.61 Å². The van der Waals surface area contributed by atoms with Crippen molar-refractivity contribution in [1.82, 2.24) is 14.6 Å². The van der Waals surface area contributed by atoms with Crippen LogP contribution in [-0.2, 0) is 30.6 Å². The average Bonchev–Trinajstić information content (AvgIpc) is 3.04. The molecule has 3 N–H and O–H groups in total. The molecular weight excluding hydrogens is 573 g/mol. The molecule has 5 atom stereocenters. The highest BCUT2D eigenvalue weighted by Crippen LogP contribution is 2.53. The van der Waals surface area contributed by atoms with Crippen LogP contribution < -0.4 is 20.9 Å². The zero-order valence-electron chi connectivity index (χ0n) is 20.8. The van der Waals surface area contributed by atoms with Crippen LogP contribution >= 0.6 is 6.64 Å². The van der Waals surface area contributed by atoms with Crippen LogP contribution in [0.2, 0.25) is 0 Å². The largest absolute Gasteiger partial charge is 0.462 e. The van der Waals surface area contributed by atoms with Gasteiger partial charge in [0.1, 0.15) is 11.8 Å². The number of nitrogens with one attached hydrogen (secondary N) is 2. The van der Waals surface area contributed by atoms with Gasteiger partial charge in [0.2, 0.25) is 6.23 Å². The molecule has 11 nitrogen and oxygen atoms in total. The van der Waals surface area contributed by atoms with E-state index >= 15 is 8.78 Å². The highest BCUT2D eigenvalue weighted by molar-refractivity contribution is 8.09. The van der Waals surface area contributed by atoms with E-state index in [1.807, 2.05) is 0 Å². The second-order valence-corrected chi connectivity index (χ2v) is 12.0. The Balaban J connectivity index is 1.95. The van der Waals surface area contributed by atoms with Gasteiger partial charge in [0, 0.05) is 12.3 Å². The molecule has 1 saturated heterocycles. The Morgan fingerprint density at radius 2 is 1.87 bits per heavy atom. The topological polar surface area (TPSA) is 141 Å². The third kappa shape index (κ3) is 6.76. The lowest BCUT2D eigenvalue weighted by Gasteiger charge is -2.34. The number of H-pyrrole nitrogens is 1. The Morgan fingerprint density at radius 1 is 1.23 bits per heavy atom. The van der Waals surface area contributed by atoms with Crippen molar-refractivity contribution in [1.29, 1.82) is 0 Å². The van der Waals surface area contributed by atoms with E-state index in [0.717, 1.165) is 0 Å². The SMILES string of the molecule is CC(C)OC(=O)[C@H](C)NP(=S)(OC[C@@]1(C(F)F)O[C@@H](n2ccc(=O)[nH]c2=O)C(F)(F)[C@@H]1O)Oc1ccccc1. The number of ether oxygens (including phenoxy) is 2. The van der Waals surface area contributed by atoms with Crippen LogP contribution in [0, 0.1) is 0 Å². The molecule has 1 aromatic heterocycles. The van der Waals surface area contributed by atoms with Crippen LogP contribution in [0.4, 0.5) is 17.6 Å². The maximum Gasteiger partial charge on any atom is 0.330 e. The fraction of sp³-hybridized carbons (Fsp3) is 0.500. The molecule has 216 valence electrons. The molecule has 1 aromatic carbocycles. The molecule has 3 rings (SSSR count). The van der Waals surface area contributed by atoms with Crippen LogP contribution in [-0.4, -0.2) is 63.4 Å². The number of benzene rings is 1. The average molecular weight is 599 g/mol. The Morgan fingerprint density at radius 3 is 2.44 bits per heavy atom. The van der Waals surface area contributed by atoms with Crippen LogP contribution in [0.5, 0.6) is 5.75 Å². The van der Waals surface area contributed by atoms with Gasteiger partial charge in [0.15, 0.2) is 11.7 Å². The number of hydrogen-bond donors (Lipinski definition) is 3. The van der Waals surface area contributed by atoms with E-state index in [2.05, 4.69) is 5.09 Å². The molecular formula is C22H26F4N3O8PS. The molecule has 1 aliphatic rings.